The summed E-state index contributed by atoms with van der Waals surface area (Å²) < 4.78 is 0. The molecule has 1 atom stereocenters. The van der Waals surface area contributed by atoms with E-state index in [2.05, 4.69) is 45.4 Å². The standard InChI is InChI=1S/C21H22Cl2N4/c22-16-13-17(23)20-19-15(16)7-4-8-18(19)24-21(25-20)27-11-9-26(10-12-27)14-5-2-1-3-6-14/h1-3,5-6,13,18H,4,7-12H2,(H,24,25). The van der Waals surface area contributed by atoms with E-state index in [0.29, 0.717) is 5.02 Å². The molecule has 2 aromatic rings. The molecule has 0 saturated carbocycles. The Morgan fingerprint density at radius 2 is 1.70 bits per heavy atom. The number of halogens is 2. The molecule has 1 saturated heterocycles. The molecule has 4 nitrogen and oxygen atoms in total. The van der Waals surface area contributed by atoms with E-state index in [1.165, 1.54) is 16.8 Å². The summed E-state index contributed by atoms with van der Waals surface area (Å²) in [6.07, 6.45) is 3.19. The van der Waals surface area contributed by atoms with Crippen molar-refractivity contribution >= 4 is 40.5 Å². The maximum absolute atomic E-state index is 6.54. The lowest BCUT2D eigenvalue weighted by atomic mass is 9.86. The highest BCUT2D eigenvalue weighted by Gasteiger charge is 2.33. The third-order valence-corrected chi connectivity index (χ3v) is 6.46. The Kier molecular flexibility index (Phi) is 4.41. The number of nitrogens with zero attached hydrogens (tertiary/aromatic N) is 3. The first-order valence-electron chi connectivity index (χ1n) is 9.61. The number of anilines is 2. The Labute approximate surface area is 169 Å². The van der Waals surface area contributed by atoms with Crippen LogP contribution in [-0.4, -0.2) is 37.0 Å². The molecule has 0 aromatic heterocycles. The number of hydrogen-bond acceptors (Lipinski definition) is 4. The van der Waals surface area contributed by atoms with Crippen LogP contribution in [0.1, 0.15) is 30.0 Å². The van der Waals surface area contributed by atoms with Crippen molar-refractivity contribution in [2.75, 3.05) is 36.4 Å². The number of rotatable bonds is 1. The zero-order valence-corrected chi connectivity index (χ0v) is 16.6. The van der Waals surface area contributed by atoms with Crippen LogP contribution in [0.5, 0.6) is 0 Å². The molecule has 0 bridgehead atoms. The lowest BCUT2D eigenvalue weighted by Gasteiger charge is -2.40. The minimum Gasteiger partial charge on any atom is -0.368 e. The van der Waals surface area contributed by atoms with E-state index in [4.69, 9.17) is 28.2 Å². The van der Waals surface area contributed by atoms with Gasteiger partial charge >= 0.3 is 0 Å². The van der Waals surface area contributed by atoms with Crippen LogP contribution < -0.4 is 10.2 Å². The van der Waals surface area contributed by atoms with Crippen molar-refractivity contribution in [3.05, 3.63) is 57.6 Å². The second-order valence-electron chi connectivity index (χ2n) is 7.40. The fraction of sp³-hybridized carbons (Fsp3) is 0.381. The summed E-state index contributed by atoms with van der Waals surface area (Å²) in [5.74, 6) is 0.956. The third kappa shape index (κ3) is 3.05. The Bertz CT molecular complexity index is 889. The summed E-state index contributed by atoms with van der Waals surface area (Å²) in [5.41, 5.74) is 4.73. The summed E-state index contributed by atoms with van der Waals surface area (Å²) in [4.78, 5) is 9.83. The normalized spacial score (nSPS) is 21.4. The van der Waals surface area contributed by atoms with Gasteiger partial charge in [0.05, 0.1) is 16.8 Å². The van der Waals surface area contributed by atoms with Crippen LogP contribution in [0.4, 0.5) is 11.4 Å². The van der Waals surface area contributed by atoms with Crippen molar-refractivity contribution in [3.63, 3.8) is 0 Å². The van der Waals surface area contributed by atoms with Crippen LogP contribution in [0.15, 0.2) is 41.4 Å². The lowest BCUT2D eigenvalue weighted by molar-refractivity contribution is 0.379. The Morgan fingerprint density at radius 3 is 2.48 bits per heavy atom. The van der Waals surface area contributed by atoms with Crippen LogP contribution in [0, 0.1) is 0 Å². The summed E-state index contributed by atoms with van der Waals surface area (Å²) in [6.45, 7) is 3.87. The average Bonchev–Trinajstić information content (AvgIpc) is 2.72. The highest BCUT2D eigenvalue weighted by atomic mass is 35.5. The summed E-state index contributed by atoms with van der Waals surface area (Å²) in [6, 6.07) is 12.7. The molecule has 1 unspecified atom stereocenters. The van der Waals surface area contributed by atoms with E-state index in [1.54, 1.807) is 0 Å². The largest absolute Gasteiger partial charge is 0.368 e. The fourth-order valence-corrected chi connectivity index (χ4v) is 5.06. The van der Waals surface area contributed by atoms with Gasteiger partial charge in [-0.3, -0.25) is 0 Å². The smallest absolute Gasteiger partial charge is 0.199 e. The molecule has 1 aliphatic carbocycles. The number of hydrogen-bond donors (Lipinski definition) is 1. The zero-order valence-electron chi connectivity index (χ0n) is 15.1. The molecular weight excluding hydrogens is 379 g/mol. The minimum atomic E-state index is 0.170. The van der Waals surface area contributed by atoms with E-state index in [0.717, 1.165) is 62.1 Å². The second kappa shape index (κ2) is 6.92. The topological polar surface area (TPSA) is 30.9 Å². The maximum atomic E-state index is 6.54. The van der Waals surface area contributed by atoms with Gasteiger partial charge in [-0.15, -0.1) is 0 Å². The molecule has 0 radical (unpaired) electrons. The van der Waals surface area contributed by atoms with Gasteiger partial charge in [-0.25, -0.2) is 4.99 Å². The third-order valence-electron chi connectivity index (χ3n) is 5.83. The van der Waals surface area contributed by atoms with E-state index in [9.17, 15) is 0 Å². The highest BCUT2D eigenvalue weighted by molar-refractivity contribution is 6.37. The molecule has 1 fully saturated rings. The molecule has 2 aromatic carbocycles. The first-order valence-corrected chi connectivity index (χ1v) is 10.4. The average molecular weight is 401 g/mol. The van der Waals surface area contributed by atoms with Crippen molar-refractivity contribution in [2.45, 2.75) is 25.3 Å². The maximum Gasteiger partial charge on any atom is 0.199 e. The number of piperazine rings is 1. The monoisotopic (exact) mass is 400 g/mol. The first kappa shape index (κ1) is 17.2. The van der Waals surface area contributed by atoms with Gasteiger partial charge in [0.2, 0.25) is 0 Å². The van der Waals surface area contributed by atoms with E-state index >= 15 is 0 Å². The van der Waals surface area contributed by atoms with E-state index in [-0.39, 0.29) is 6.04 Å². The van der Waals surface area contributed by atoms with Crippen LogP contribution >= 0.6 is 23.2 Å². The van der Waals surface area contributed by atoms with Crippen molar-refractivity contribution in [2.24, 2.45) is 4.99 Å². The van der Waals surface area contributed by atoms with Crippen LogP contribution in [0.3, 0.4) is 0 Å². The molecule has 140 valence electrons. The number of nitrogens with one attached hydrogen (secondary N) is 1. The number of aliphatic imine (C=N–C) groups is 1. The second-order valence-corrected chi connectivity index (χ2v) is 8.22. The van der Waals surface area contributed by atoms with Crippen LogP contribution in [-0.2, 0) is 6.42 Å². The van der Waals surface area contributed by atoms with Crippen molar-refractivity contribution < 1.29 is 0 Å². The number of benzene rings is 2. The van der Waals surface area contributed by atoms with Crippen molar-refractivity contribution in [1.82, 2.24) is 4.90 Å². The molecule has 6 heteroatoms. The molecule has 2 aliphatic heterocycles. The number of para-hydroxylation sites is 1. The molecule has 2 heterocycles. The van der Waals surface area contributed by atoms with Crippen LogP contribution in [0.2, 0.25) is 10.0 Å². The molecule has 0 amide bonds. The zero-order chi connectivity index (χ0) is 18.4. The SMILES string of the molecule is Clc1cc(Cl)c2c3c1CCCC3N=C(N1CCN(c3ccccc3)CC1)N2. The van der Waals surface area contributed by atoms with E-state index < -0.39 is 0 Å². The predicted octanol–water partition coefficient (Wildman–Crippen LogP) is 4.97. The summed E-state index contributed by atoms with van der Waals surface area (Å²) in [7, 11) is 0. The van der Waals surface area contributed by atoms with Gasteiger partial charge in [0.1, 0.15) is 0 Å². The molecule has 5 rings (SSSR count). The molecule has 1 N–H and O–H groups in total. The Hall–Kier alpha value is -1.91. The van der Waals surface area contributed by atoms with Gasteiger partial charge in [-0.05, 0) is 43.0 Å². The minimum absolute atomic E-state index is 0.170. The predicted molar refractivity (Wildman–Crippen MR) is 113 cm³/mol. The lowest BCUT2D eigenvalue weighted by Crippen LogP contribution is -2.51. The highest BCUT2D eigenvalue weighted by Crippen LogP contribution is 2.46. The Morgan fingerprint density at radius 1 is 0.963 bits per heavy atom. The van der Waals surface area contributed by atoms with Gasteiger partial charge < -0.3 is 15.1 Å². The first-order chi connectivity index (χ1) is 13.2. The molecule has 3 aliphatic rings. The van der Waals surface area contributed by atoms with Gasteiger partial charge in [-0.1, -0.05) is 41.4 Å². The molecule has 27 heavy (non-hydrogen) atoms. The van der Waals surface area contributed by atoms with Gasteiger partial charge in [0.15, 0.2) is 5.96 Å². The van der Waals surface area contributed by atoms with Gasteiger partial charge in [-0.2, -0.15) is 0 Å². The van der Waals surface area contributed by atoms with Crippen molar-refractivity contribution in [1.29, 1.82) is 0 Å². The summed E-state index contributed by atoms with van der Waals surface area (Å²) in [5, 5.41) is 5.00. The Balaban J connectivity index is 1.38. The van der Waals surface area contributed by atoms with Gasteiger partial charge in [0.25, 0.3) is 0 Å². The fourth-order valence-electron chi connectivity index (χ4n) is 4.44. The number of guanidine groups is 1. The van der Waals surface area contributed by atoms with Crippen LogP contribution in [0.25, 0.3) is 0 Å². The summed E-state index contributed by atoms with van der Waals surface area (Å²) >= 11 is 13.0. The molecule has 0 spiro atoms. The van der Waals surface area contributed by atoms with E-state index in [1.807, 2.05) is 6.07 Å². The van der Waals surface area contributed by atoms with Gasteiger partial charge in [0, 0.05) is 42.5 Å². The molecular formula is C21H22Cl2N4. The quantitative estimate of drug-likeness (QED) is 0.732. The van der Waals surface area contributed by atoms with Crippen molar-refractivity contribution in [3.8, 4) is 0 Å².